The number of nitriles is 1. The number of aliphatic carboxylic acids is 1. The number of carboxylic acids is 1. The highest BCUT2D eigenvalue weighted by molar-refractivity contribution is 6.09. The highest BCUT2D eigenvalue weighted by Gasteiger charge is 2.12. The highest BCUT2D eigenvalue weighted by Crippen LogP contribution is 2.19. The molecule has 0 bridgehead atoms. The van der Waals surface area contributed by atoms with E-state index in [2.05, 4.69) is 5.32 Å². The van der Waals surface area contributed by atoms with Gasteiger partial charge in [-0.3, -0.25) is 14.9 Å². The maximum atomic E-state index is 12.2. The number of amides is 1. The van der Waals surface area contributed by atoms with Gasteiger partial charge in [0.2, 0.25) is 0 Å². The van der Waals surface area contributed by atoms with Gasteiger partial charge in [0.1, 0.15) is 17.4 Å². The molecule has 0 radical (unpaired) electrons. The lowest BCUT2D eigenvalue weighted by Crippen LogP contribution is -2.13. The van der Waals surface area contributed by atoms with Crippen LogP contribution in [0.3, 0.4) is 0 Å². The fourth-order valence-electron chi connectivity index (χ4n) is 2.02. The number of carbonyl (C=O) groups excluding carboxylic acids is 1. The van der Waals surface area contributed by atoms with Crippen LogP contribution in [0.5, 0.6) is 5.75 Å². The third-order valence-corrected chi connectivity index (χ3v) is 3.23. The van der Waals surface area contributed by atoms with Crippen LogP contribution in [0.1, 0.15) is 5.56 Å². The Morgan fingerprint density at radius 3 is 2.56 bits per heavy atom. The van der Waals surface area contributed by atoms with E-state index in [1.54, 1.807) is 18.2 Å². The van der Waals surface area contributed by atoms with Crippen LogP contribution in [0.4, 0.5) is 11.4 Å². The molecule has 0 saturated heterocycles. The summed E-state index contributed by atoms with van der Waals surface area (Å²) in [4.78, 5) is 32.8. The number of nitro benzene ring substituents is 1. The van der Waals surface area contributed by atoms with E-state index in [-0.39, 0.29) is 16.9 Å². The normalized spacial score (nSPS) is 10.6. The Hall–Kier alpha value is -4.19. The topological polar surface area (TPSA) is 143 Å². The molecule has 0 unspecified atom stereocenters. The average Bonchev–Trinajstić information content (AvgIpc) is 2.65. The van der Waals surface area contributed by atoms with Gasteiger partial charge in [-0.25, -0.2) is 4.79 Å². The Morgan fingerprint density at radius 2 is 1.96 bits per heavy atom. The first-order chi connectivity index (χ1) is 12.9. The average molecular weight is 367 g/mol. The fraction of sp³-hybridized carbons (Fsp3) is 0.0556. The first-order valence-corrected chi connectivity index (χ1v) is 7.51. The van der Waals surface area contributed by atoms with Crippen molar-refractivity contribution >= 4 is 29.3 Å². The van der Waals surface area contributed by atoms with Crippen molar-refractivity contribution in [2.24, 2.45) is 0 Å². The lowest BCUT2D eigenvalue weighted by molar-refractivity contribution is -0.384. The number of nitrogens with zero attached hydrogens (tertiary/aromatic N) is 2. The number of benzene rings is 2. The van der Waals surface area contributed by atoms with E-state index in [1.165, 1.54) is 42.5 Å². The summed E-state index contributed by atoms with van der Waals surface area (Å²) in [6.45, 7) is -0.482. The van der Waals surface area contributed by atoms with Crippen LogP contribution in [0.15, 0.2) is 54.1 Å². The molecule has 0 aliphatic carbocycles. The molecule has 2 aromatic carbocycles. The standard InChI is InChI=1S/C18H13N3O6/c19-10-13(8-12-4-6-16(7-5-12)27-11-17(22)23)18(24)20-14-2-1-3-15(9-14)21(25)26/h1-9H,11H2,(H,20,24)(H,22,23)/b13-8-. The van der Waals surface area contributed by atoms with Gasteiger partial charge in [0, 0.05) is 17.8 Å². The molecule has 0 saturated carbocycles. The lowest BCUT2D eigenvalue weighted by atomic mass is 10.1. The molecule has 0 heterocycles. The molecule has 0 fully saturated rings. The van der Waals surface area contributed by atoms with Crippen molar-refractivity contribution in [3.63, 3.8) is 0 Å². The van der Waals surface area contributed by atoms with E-state index < -0.39 is 23.4 Å². The van der Waals surface area contributed by atoms with E-state index in [1.807, 2.05) is 0 Å². The zero-order valence-electron chi connectivity index (χ0n) is 13.8. The summed E-state index contributed by atoms with van der Waals surface area (Å²) in [6, 6.07) is 13.2. The first-order valence-electron chi connectivity index (χ1n) is 7.51. The third-order valence-electron chi connectivity index (χ3n) is 3.23. The fourth-order valence-corrected chi connectivity index (χ4v) is 2.02. The quantitative estimate of drug-likeness (QED) is 0.331. The summed E-state index contributed by atoms with van der Waals surface area (Å²) in [5.74, 6) is -1.50. The summed E-state index contributed by atoms with van der Waals surface area (Å²) in [5, 5.41) is 31.0. The minimum atomic E-state index is -1.11. The molecule has 136 valence electrons. The molecule has 2 N–H and O–H groups in total. The van der Waals surface area contributed by atoms with Gasteiger partial charge in [0.15, 0.2) is 6.61 Å². The molecule has 1 amide bonds. The third kappa shape index (κ3) is 5.68. The van der Waals surface area contributed by atoms with Gasteiger partial charge in [-0.1, -0.05) is 18.2 Å². The van der Waals surface area contributed by atoms with Crippen molar-refractivity contribution in [1.82, 2.24) is 0 Å². The maximum absolute atomic E-state index is 12.2. The monoisotopic (exact) mass is 367 g/mol. The Kier molecular flexibility index (Phi) is 6.22. The SMILES string of the molecule is N#C/C(=C/c1ccc(OCC(=O)O)cc1)C(=O)Nc1cccc([N+](=O)[O-])c1. The predicted molar refractivity (Wildman–Crippen MR) is 94.9 cm³/mol. The number of nitro groups is 1. The second-order valence-electron chi connectivity index (χ2n) is 5.18. The summed E-state index contributed by atoms with van der Waals surface area (Å²) >= 11 is 0. The summed E-state index contributed by atoms with van der Waals surface area (Å²) in [7, 11) is 0. The van der Waals surface area contributed by atoms with E-state index in [4.69, 9.17) is 9.84 Å². The molecular weight excluding hydrogens is 354 g/mol. The number of rotatable bonds is 7. The molecule has 9 nitrogen and oxygen atoms in total. The molecule has 0 aromatic heterocycles. The van der Waals surface area contributed by atoms with Gasteiger partial charge in [-0.2, -0.15) is 5.26 Å². The summed E-state index contributed by atoms with van der Waals surface area (Å²) in [6.07, 6.45) is 1.33. The van der Waals surface area contributed by atoms with Crippen LogP contribution < -0.4 is 10.1 Å². The van der Waals surface area contributed by atoms with E-state index in [0.717, 1.165) is 0 Å². The maximum Gasteiger partial charge on any atom is 0.341 e. The van der Waals surface area contributed by atoms with Gasteiger partial charge in [-0.15, -0.1) is 0 Å². The van der Waals surface area contributed by atoms with Gasteiger partial charge in [-0.05, 0) is 29.8 Å². The smallest absolute Gasteiger partial charge is 0.341 e. The van der Waals surface area contributed by atoms with Crippen molar-refractivity contribution in [2.45, 2.75) is 0 Å². The Labute approximate surface area is 153 Å². The molecule has 2 rings (SSSR count). The molecule has 0 spiro atoms. The number of non-ortho nitro benzene ring substituents is 1. The number of hydrogen-bond acceptors (Lipinski definition) is 6. The van der Waals surface area contributed by atoms with Crippen molar-refractivity contribution < 1.29 is 24.4 Å². The molecular formula is C18H13N3O6. The largest absolute Gasteiger partial charge is 0.482 e. The number of ether oxygens (including phenoxy) is 1. The molecule has 9 heteroatoms. The van der Waals surface area contributed by atoms with Crippen molar-refractivity contribution in [3.8, 4) is 11.8 Å². The van der Waals surface area contributed by atoms with Crippen LogP contribution >= 0.6 is 0 Å². The number of anilines is 1. The molecule has 2 aromatic rings. The van der Waals surface area contributed by atoms with Gasteiger partial charge >= 0.3 is 5.97 Å². The Bertz CT molecular complexity index is 944. The minimum absolute atomic E-state index is 0.188. The number of carboxylic acid groups (broad SMARTS) is 1. The predicted octanol–water partition coefficient (Wildman–Crippen LogP) is 2.60. The van der Waals surface area contributed by atoms with Gasteiger partial charge < -0.3 is 15.2 Å². The van der Waals surface area contributed by atoms with Crippen LogP contribution in [-0.4, -0.2) is 28.5 Å². The molecule has 0 aliphatic rings. The summed E-state index contributed by atoms with van der Waals surface area (Å²) < 4.78 is 4.99. The first kappa shape index (κ1) is 19.1. The van der Waals surface area contributed by atoms with E-state index in [0.29, 0.717) is 11.3 Å². The highest BCUT2D eigenvalue weighted by atomic mass is 16.6. The van der Waals surface area contributed by atoms with E-state index in [9.17, 15) is 25.0 Å². The van der Waals surface area contributed by atoms with Gasteiger partial charge in [0.25, 0.3) is 11.6 Å². The lowest BCUT2D eigenvalue weighted by Gasteiger charge is -2.05. The zero-order valence-corrected chi connectivity index (χ0v) is 13.8. The van der Waals surface area contributed by atoms with Gasteiger partial charge in [0.05, 0.1) is 4.92 Å². The van der Waals surface area contributed by atoms with Crippen molar-refractivity contribution in [1.29, 1.82) is 5.26 Å². The Morgan fingerprint density at radius 1 is 1.26 bits per heavy atom. The van der Waals surface area contributed by atoms with Crippen LogP contribution in [-0.2, 0) is 9.59 Å². The summed E-state index contributed by atoms with van der Waals surface area (Å²) in [5.41, 5.74) is 0.309. The Balaban J connectivity index is 2.12. The molecule has 0 aliphatic heterocycles. The van der Waals surface area contributed by atoms with E-state index >= 15 is 0 Å². The van der Waals surface area contributed by atoms with Crippen LogP contribution in [0.2, 0.25) is 0 Å². The molecule has 0 atom stereocenters. The number of nitrogens with one attached hydrogen (secondary N) is 1. The second kappa shape index (κ2) is 8.77. The second-order valence-corrected chi connectivity index (χ2v) is 5.18. The minimum Gasteiger partial charge on any atom is -0.482 e. The zero-order chi connectivity index (χ0) is 19.8. The molecule has 27 heavy (non-hydrogen) atoms. The number of hydrogen-bond donors (Lipinski definition) is 2. The van der Waals surface area contributed by atoms with Crippen LogP contribution in [0, 0.1) is 21.4 Å². The van der Waals surface area contributed by atoms with Crippen molar-refractivity contribution in [2.75, 3.05) is 11.9 Å². The van der Waals surface area contributed by atoms with Crippen LogP contribution in [0.25, 0.3) is 6.08 Å². The van der Waals surface area contributed by atoms with Crippen molar-refractivity contribution in [3.05, 3.63) is 69.8 Å². The number of carbonyl (C=O) groups is 2.